The number of hydrogen-bond donors (Lipinski definition) is 2. The molecule has 1 aromatic rings. The highest BCUT2D eigenvalue weighted by Crippen LogP contribution is 2.03. The maximum absolute atomic E-state index is 12.8. The molecule has 0 fully saturated rings. The van der Waals surface area contributed by atoms with Gasteiger partial charge in [-0.25, -0.2) is 4.39 Å². The van der Waals surface area contributed by atoms with Gasteiger partial charge in [-0.1, -0.05) is 12.1 Å². The van der Waals surface area contributed by atoms with Crippen molar-refractivity contribution < 1.29 is 9.18 Å². The van der Waals surface area contributed by atoms with Gasteiger partial charge in [-0.05, 0) is 37.1 Å². The number of nitrogens with two attached hydrogens (primary N) is 1. The third kappa shape index (κ3) is 6.92. The second-order valence-electron chi connectivity index (χ2n) is 3.62. The van der Waals surface area contributed by atoms with Crippen LogP contribution in [0.3, 0.4) is 0 Å². The SMILES string of the molecule is Cl.NCCCC(=O)NCCc1cccc(F)c1. The van der Waals surface area contributed by atoms with E-state index in [0.29, 0.717) is 32.4 Å². The van der Waals surface area contributed by atoms with Crippen molar-refractivity contribution in [1.29, 1.82) is 0 Å². The Morgan fingerprint density at radius 1 is 1.41 bits per heavy atom. The van der Waals surface area contributed by atoms with E-state index in [4.69, 9.17) is 5.73 Å². The molecule has 0 bridgehead atoms. The number of amides is 1. The summed E-state index contributed by atoms with van der Waals surface area (Å²) in [5.74, 6) is -0.242. The highest BCUT2D eigenvalue weighted by Gasteiger charge is 2.00. The summed E-state index contributed by atoms with van der Waals surface area (Å²) in [5.41, 5.74) is 6.18. The molecule has 0 spiro atoms. The zero-order chi connectivity index (χ0) is 11.8. The molecule has 3 N–H and O–H groups in total. The summed E-state index contributed by atoms with van der Waals surface area (Å²) in [6.07, 6.45) is 1.80. The van der Waals surface area contributed by atoms with Gasteiger partial charge in [0.25, 0.3) is 0 Å². The lowest BCUT2D eigenvalue weighted by Crippen LogP contribution is -2.25. The number of carbonyl (C=O) groups is 1. The van der Waals surface area contributed by atoms with Gasteiger partial charge in [0.1, 0.15) is 5.82 Å². The van der Waals surface area contributed by atoms with Crippen LogP contribution in [-0.4, -0.2) is 19.0 Å². The van der Waals surface area contributed by atoms with Crippen LogP contribution in [-0.2, 0) is 11.2 Å². The lowest BCUT2D eigenvalue weighted by molar-refractivity contribution is -0.121. The number of hydrogen-bond acceptors (Lipinski definition) is 2. The van der Waals surface area contributed by atoms with E-state index < -0.39 is 0 Å². The van der Waals surface area contributed by atoms with Crippen LogP contribution in [0.1, 0.15) is 18.4 Å². The summed E-state index contributed by atoms with van der Waals surface area (Å²) >= 11 is 0. The van der Waals surface area contributed by atoms with E-state index >= 15 is 0 Å². The van der Waals surface area contributed by atoms with Crippen LogP contribution >= 0.6 is 12.4 Å². The lowest BCUT2D eigenvalue weighted by atomic mass is 10.1. The Hall–Kier alpha value is -1.13. The molecule has 0 heterocycles. The first-order valence-corrected chi connectivity index (χ1v) is 5.43. The van der Waals surface area contributed by atoms with Crippen LogP contribution in [0.5, 0.6) is 0 Å². The second kappa shape index (κ2) is 8.96. The van der Waals surface area contributed by atoms with Crippen molar-refractivity contribution >= 4 is 18.3 Å². The molecule has 0 aliphatic rings. The molecule has 0 atom stereocenters. The standard InChI is InChI=1S/C12H17FN2O.ClH/c13-11-4-1-3-10(9-11)6-8-15-12(16)5-2-7-14;/h1,3-4,9H,2,5-8,14H2,(H,15,16);1H. The monoisotopic (exact) mass is 260 g/mol. The van der Waals surface area contributed by atoms with Gasteiger partial charge in [-0.3, -0.25) is 4.79 Å². The average Bonchev–Trinajstić information content (AvgIpc) is 2.26. The van der Waals surface area contributed by atoms with Gasteiger partial charge in [-0.15, -0.1) is 12.4 Å². The van der Waals surface area contributed by atoms with Gasteiger partial charge >= 0.3 is 0 Å². The van der Waals surface area contributed by atoms with E-state index in [2.05, 4.69) is 5.32 Å². The van der Waals surface area contributed by atoms with E-state index in [1.165, 1.54) is 12.1 Å². The Kier molecular flexibility index (Phi) is 8.36. The number of nitrogens with one attached hydrogen (secondary N) is 1. The molecule has 0 aliphatic carbocycles. The average molecular weight is 261 g/mol. The van der Waals surface area contributed by atoms with Crippen molar-refractivity contribution in [3.05, 3.63) is 35.6 Å². The summed E-state index contributed by atoms with van der Waals surface area (Å²) in [5, 5.41) is 2.77. The quantitative estimate of drug-likeness (QED) is 0.817. The minimum absolute atomic E-state index is 0. The first kappa shape index (κ1) is 15.9. The van der Waals surface area contributed by atoms with Gasteiger partial charge in [0, 0.05) is 13.0 Å². The third-order valence-electron chi connectivity index (χ3n) is 2.23. The Balaban J connectivity index is 0.00000256. The first-order chi connectivity index (χ1) is 7.72. The van der Waals surface area contributed by atoms with Gasteiger partial charge in [0.05, 0.1) is 0 Å². The van der Waals surface area contributed by atoms with E-state index in [-0.39, 0.29) is 24.1 Å². The summed E-state index contributed by atoms with van der Waals surface area (Å²) in [4.78, 5) is 11.2. The number of carbonyl (C=O) groups excluding carboxylic acids is 1. The fourth-order valence-corrected chi connectivity index (χ4v) is 1.39. The highest BCUT2D eigenvalue weighted by molar-refractivity contribution is 5.85. The van der Waals surface area contributed by atoms with Gasteiger partial charge in [-0.2, -0.15) is 0 Å². The second-order valence-corrected chi connectivity index (χ2v) is 3.62. The molecule has 96 valence electrons. The zero-order valence-corrected chi connectivity index (χ0v) is 10.4. The molecule has 0 unspecified atom stereocenters. The Bertz CT molecular complexity index is 347. The van der Waals surface area contributed by atoms with Crippen molar-refractivity contribution in [2.45, 2.75) is 19.3 Å². The fraction of sp³-hybridized carbons (Fsp3) is 0.417. The molecular weight excluding hydrogens is 243 g/mol. The van der Waals surface area contributed by atoms with Gasteiger partial charge < -0.3 is 11.1 Å². The van der Waals surface area contributed by atoms with Crippen LogP contribution in [0.25, 0.3) is 0 Å². The van der Waals surface area contributed by atoms with E-state index in [1.807, 2.05) is 6.07 Å². The predicted octanol–water partition coefficient (Wildman–Crippen LogP) is 1.65. The third-order valence-corrected chi connectivity index (χ3v) is 2.23. The highest BCUT2D eigenvalue weighted by atomic mass is 35.5. The van der Waals surface area contributed by atoms with Crippen molar-refractivity contribution in [2.24, 2.45) is 5.73 Å². The van der Waals surface area contributed by atoms with E-state index in [1.54, 1.807) is 6.07 Å². The molecule has 1 rings (SSSR count). The molecule has 0 radical (unpaired) electrons. The van der Waals surface area contributed by atoms with Crippen LogP contribution in [0.2, 0.25) is 0 Å². The van der Waals surface area contributed by atoms with Crippen molar-refractivity contribution in [2.75, 3.05) is 13.1 Å². The molecule has 1 amide bonds. The smallest absolute Gasteiger partial charge is 0.220 e. The minimum atomic E-state index is -0.244. The summed E-state index contributed by atoms with van der Waals surface area (Å²) in [7, 11) is 0. The van der Waals surface area contributed by atoms with Crippen LogP contribution < -0.4 is 11.1 Å². The molecule has 0 saturated carbocycles. The van der Waals surface area contributed by atoms with Crippen LogP contribution in [0.15, 0.2) is 24.3 Å². The van der Waals surface area contributed by atoms with Gasteiger partial charge in [0.2, 0.25) is 5.91 Å². The largest absolute Gasteiger partial charge is 0.356 e. The van der Waals surface area contributed by atoms with Gasteiger partial charge in [0.15, 0.2) is 0 Å². The lowest BCUT2D eigenvalue weighted by Gasteiger charge is -2.04. The molecule has 5 heteroatoms. The maximum Gasteiger partial charge on any atom is 0.220 e. The van der Waals surface area contributed by atoms with Crippen LogP contribution in [0.4, 0.5) is 4.39 Å². The normalized spacial score (nSPS) is 9.53. The number of halogens is 2. The maximum atomic E-state index is 12.8. The van der Waals surface area contributed by atoms with E-state index in [0.717, 1.165) is 5.56 Å². The zero-order valence-electron chi connectivity index (χ0n) is 9.62. The first-order valence-electron chi connectivity index (χ1n) is 5.43. The van der Waals surface area contributed by atoms with Crippen LogP contribution in [0, 0.1) is 5.82 Å². The molecular formula is C12H18ClFN2O. The molecule has 0 saturated heterocycles. The fourth-order valence-electron chi connectivity index (χ4n) is 1.39. The Morgan fingerprint density at radius 3 is 2.82 bits per heavy atom. The molecule has 1 aromatic carbocycles. The van der Waals surface area contributed by atoms with E-state index in [9.17, 15) is 9.18 Å². The molecule has 17 heavy (non-hydrogen) atoms. The minimum Gasteiger partial charge on any atom is -0.356 e. The Labute approximate surface area is 107 Å². The number of rotatable bonds is 6. The Morgan fingerprint density at radius 2 is 2.18 bits per heavy atom. The molecule has 0 aliphatic heterocycles. The summed E-state index contributed by atoms with van der Waals surface area (Å²) in [6.45, 7) is 1.06. The predicted molar refractivity (Wildman–Crippen MR) is 68.7 cm³/mol. The van der Waals surface area contributed by atoms with Crippen molar-refractivity contribution in [1.82, 2.24) is 5.32 Å². The number of benzene rings is 1. The van der Waals surface area contributed by atoms with Crippen molar-refractivity contribution in [3.63, 3.8) is 0 Å². The summed E-state index contributed by atoms with van der Waals surface area (Å²) < 4.78 is 12.8. The molecule has 3 nitrogen and oxygen atoms in total. The topological polar surface area (TPSA) is 55.1 Å². The summed E-state index contributed by atoms with van der Waals surface area (Å²) in [6, 6.07) is 6.39. The molecule has 0 aromatic heterocycles. The van der Waals surface area contributed by atoms with Crippen molar-refractivity contribution in [3.8, 4) is 0 Å².